The van der Waals surface area contributed by atoms with Gasteiger partial charge in [0.25, 0.3) is 5.91 Å². The number of anilines is 1. The van der Waals surface area contributed by atoms with Gasteiger partial charge >= 0.3 is 5.97 Å². The standard InChI is InChI=1S/C22H27ClN2O5S/c1-5-16-10-8-9-15(4)21(16)24-20(26)14-30-22(27)17-11-12-18(23)19(13-17)31(28,29)25(6-2)7-3/h8-13H,5-7,14H2,1-4H3,(H,24,26). The second kappa shape index (κ2) is 10.7. The Balaban J connectivity index is 2.14. The van der Waals surface area contributed by atoms with Crippen LogP contribution in [0.3, 0.4) is 0 Å². The molecule has 0 aliphatic rings. The third kappa shape index (κ3) is 5.84. The quantitative estimate of drug-likeness (QED) is 0.563. The first-order valence-electron chi connectivity index (χ1n) is 10.0. The van der Waals surface area contributed by atoms with Gasteiger partial charge in [-0.3, -0.25) is 4.79 Å². The fourth-order valence-electron chi connectivity index (χ4n) is 3.12. The second-order valence-electron chi connectivity index (χ2n) is 6.82. The summed E-state index contributed by atoms with van der Waals surface area (Å²) >= 11 is 6.08. The zero-order chi connectivity index (χ0) is 23.2. The lowest BCUT2D eigenvalue weighted by Gasteiger charge is -2.19. The Kier molecular flexibility index (Phi) is 8.61. The highest BCUT2D eigenvalue weighted by atomic mass is 35.5. The fraction of sp³-hybridized carbons (Fsp3) is 0.364. The van der Waals surface area contributed by atoms with Crippen LogP contribution in [0.1, 0.15) is 42.3 Å². The van der Waals surface area contributed by atoms with Crippen molar-refractivity contribution >= 4 is 39.2 Å². The molecule has 0 saturated heterocycles. The van der Waals surface area contributed by atoms with Crippen molar-refractivity contribution in [1.82, 2.24) is 4.31 Å². The molecule has 0 unspecified atom stereocenters. The van der Waals surface area contributed by atoms with Gasteiger partial charge in [-0.1, -0.05) is 50.6 Å². The van der Waals surface area contributed by atoms with Crippen molar-refractivity contribution in [3.63, 3.8) is 0 Å². The van der Waals surface area contributed by atoms with E-state index in [2.05, 4.69) is 5.32 Å². The van der Waals surface area contributed by atoms with E-state index < -0.39 is 28.5 Å². The minimum atomic E-state index is -3.86. The molecule has 2 aromatic carbocycles. The van der Waals surface area contributed by atoms with Crippen LogP contribution >= 0.6 is 11.6 Å². The third-order valence-electron chi connectivity index (χ3n) is 4.83. The van der Waals surface area contributed by atoms with E-state index in [1.807, 2.05) is 32.0 Å². The molecule has 1 N–H and O–H groups in total. The lowest BCUT2D eigenvalue weighted by atomic mass is 10.1. The van der Waals surface area contributed by atoms with Gasteiger partial charge in [-0.05, 0) is 42.7 Å². The number of sulfonamides is 1. The molecular formula is C22H27ClN2O5S. The van der Waals surface area contributed by atoms with Gasteiger partial charge in [0.15, 0.2) is 6.61 Å². The molecule has 1 amide bonds. The van der Waals surface area contributed by atoms with Crippen LogP contribution in [0.2, 0.25) is 5.02 Å². The summed E-state index contributed by atoms with van der Waals surface area (Å²) in [5.74, 6) is -1.30. The first-order chi connectivity index (χ1) is 14.6. The van der Waals surface area contributed by atoms with Crippen molar-refractivity contribution in [3.8, 4) is 0 Å². The molecule has 0 aliphatic carbocycles. The monoisotopic (exact) mass is 466 g/mol. The van der Waals surface area contributed by atoms with Crippen molar-refractivity contribution in [2.75, 3.05) is 25.0 Å². The van der Waals surface area contributed by atoms with E-state index >= 15 is 0 Å². The topological polar surface area (TPSA) is 92.8 Å². The summed E-state index contributed by atoms with van der Waals surface area (Å²) in [7, 11) is -3.86. The summed E-state index contributed by atoms with van der Waals surface area (Å²) in [6, 6.07) is 9.57. The van der Waals surface area contributed by atoms with Crippen LogP contribution in [0.5, 0.6) is 0 Å². The highest BCUT2D eigenvalue weighted by Crippen LogP contribution is 2.26. The maximum Gasteiger partial charge on any atom is 0.338 e. The lowest BCUT2D eigenvalue weighted by Crippen LogP contribution is -2.31. The van der Waals surface area contributed by atoms with Gasteiger partial charge in [-0.15, -0.1) is 0 Å². The van der Waals surface area contributed by atoms with Crippen LogP contribution in [-0.4, -0.2) is 44.3 Å². The molecule has 0 atom stereocenters. The molecule has 9 heteroatoms. The number of amides is 1. The summed E-state index contributed by atoms with van der Waals surface area (Å²) in [4.78, 5) is 24.6. The number of benzene rings is 2. The predicted octanol–water partition coefficient (Wildman–Crippen LogP) is 4.04. The molecule has 0 aromatic heterocycles. The molecule has 7 nitrogen and oxygen atoms in total. The maximum atomic E-state index is 12.8. The Morgan fingerprint density at radius 2 is 1.77 bits per heavy atom. The molecule has 2 rings (SSSR count). The number of halogens is 1. The van der Waals surface area contributed by atoms with Crippen molar-refractivity contribution in [3.05, 3.63) is 58.1 Å². The molecule has 31 heavy (non-hydrogen) atoms. The molecule has 0 aliphatic heterocycles. The number of para-hydroxylation sites is 1. The highest BCUT2D eigenvalue weighted by molar-refractivity contribution is 7.89. The van der Waals surface area contributed by atoms with E-state index in [0.717, 1.165) is 17.5 Å². The molecule has 168 valence electrons. The van der Waals surface area contributed by atoms with Crippen molar-refractivity contribution in [1.29, 1.82) is 0 Å². The molecule has 0 radical (unpaired) electrons. The van der Waals surface area contributed by atoms with Crippen LogP contribution in [-0.2, 0) is 26.0 Å². The summed E-state index contributed by atoms with van der Waals surface area (Å²) < 4.78 is 31.9. The Morgan fingerprint density at radius 3 is 2.39 bits per heavy atom. The average molecular weight is 467 g/mol. The van der Waals surface area contributed by atoms with Crippen LogP contribution < -0.4 is 5.32 Å². The van der Waals surface area contributed by atoms with E-state index in [0.29, 0.717) is 5.69 Å². The largest absolute Gasteiger partial charge is 0.452 e. The Labute approximate surface area is 188 Å². The van der Waals surface area contributed by atoms with Crippen LogP contribution in [0.15, 0.2) is 41.3 Å². The fourth-order valence-corrected chi connectivity index (χ4v) is 5.08. The van der Waals surface area contributed by atoms with E-state index in [4.69, 9.17) is 16.3 Å². The number of carbonyl (C=O) groups excluding carboxylic acids is 2. The molecule has 0 fully saturated rings. The number of hydrogen-bond donors (Lipinski definition) is 1. The van der Waals surface area contributed by atoms with Crippen LogP contribution in [0.4, 0.5) is 5.69 Å². The third-order valence-corrected chi connectivity index (χ3v) is 7.36. The Hall–Kier alpha value is -2.42. The number of hydrogen-bond acceptors (Lipinski definition) is 5. The summed E-state index contributed by atoms with van der Waals surface area (Å²) in [5.41, 5.74) is 2.57. The van der Waals surface area contributed by atoms with Gasteiger partial charge in [0.2, 0.25) is 10.0 Å². The Morgan fingerprint density at radius 1 is 1.10 bits per heavy atom. The SMILES string of the molecule is CCc1cccc(C)c1NC(=O)COC(=O)c1ccc(Cl)c(S(=O)(=O)N(CC)CC)c1. The molecule has 0 saturated carbocycles. The van der Waals surface area contributed by atoms with Crippen molar-refractivity contribution in [2.24, 2.45) is 0 Å². The van der Waals surface area contributed by atoms with Crippen molar-refractivity contribution in [2.45, 2.75) is 39.0 Å². The van der Waals surface area contributed by atoms with Gasteiger partial charge in [0.1, 0.15) is 4.90 Å². The number of carbonyl (C=O) groups is 2. The summed E-state index contributed by atoms with van der Waals surface area (Å²) in [6.45, 7) is 7.32. The molecule has 2 aromatic rings. The smallest absolute Gasteiger partial charge is 0.338 e. The number of esters is 1. The highest BCUT2D eigenvalue weighted by Gasteiger charge is 2.26. The lowest BCUT2D eigenvalue weighted by molar-refractivity contribution is -0.119. The second-order valence-corrected chi connectivity index (χ2v) is 9.13. The van der Waals surface area contributed by atoms with E-state index in [1.54, 1.807) is 13.8 Å². The number of nitrogens with one attached hydrogen (secondary N) is 1. The normalized spacial score (nSPS) is 11.4. The van der Waals surface area contributed by atoms with Crippen LogP contribution in [0.25, 0.3) is 0 Å². The molecule has 0 heterocycles. The minimum absolute atomic E-state index is 0.00642. The number of ether oxygens (including phenoxy) is 1. The first-order valence-corrected chi connectivity index (χ1v) is 11.8. The first kappa shape index (κ1) is 24.8. The molecule has 0 bridgehead atoms. The van der Waals surface area contributed by atoms with Gasteiger partial charge in [-0.2, -0.15) is 4.31 Å². The number of rotatable bonds is 9. The maximum absolute atomic E-state index is 12.8. The van der Waals surface area contributed by atoms with E-state index in [9.17, 15) is 18.0 Å². The molecule has 0 spiro atoms. The zero-order valence-electron chi connectivity index (χ0n) is 18.1. The van der Waals surface area contributed by atoms with Crippen LogP contribution in [0, 0.1) is 6.92 Å². The molecular weight excluding hydrogens is 440 g/mol. The van der Waals surface area contributed by atoms with E-state index in [-0.39, 0.29) is 28.6 Å². The zero-order valence-corrected chi connectivity index (χ0v) is 19.6. The summed E-state index contributed by atoms with van der Waals surface area (Å²) in [6.07, 6.45) is 0.742. The van der Waals surface area contributed by atoms with E-state index in [1.165, 1.54) is 22.5 Å². The van der Waals surface area contributed by atoms with Gasteiger partial charge in [-0.25, -0.2) is 13.2 Å². The van der Waals surface area contributed by atoms with Gasteiger partial charge in [0.05, 0.1) is 10.6 Å². The average Bonchev–Trinajstić information content (AvgIpc) is 2.74. The Bertz CT molecular complexity index is 1070. The van der Waals surface area contributed by atoms with Crippen molar-refractivity contribution < 1.29 is 22.7 Å². The number of nitrogens with zero attached hydrogens (tertiary/aromatic N) is 1. The van der Waals surface area contributed by atoms with Gasteiger partial charge in [0, 0.05) is 18.8 Å². The minimum Gasteiger partial charge on any atom is -0.452 e. The van der Waals surface area contributed by atoms with Gasteiger partial charge < -0.3 is 10.1 Å². The predicted molar refractivity (Wildman–Crippen MR) is 121 cm³/mol. The summed E-state index contributed by atoms with van der Waals surface area (Å²) in [5, 5.41) is 2.78. The number of aryl methyl sites for hydroxylation is 2.